The molecule has 3 N–H and O–H groups in total. The van der Waals surface area contributed by atoms with Gasteiger partial charge in [-0.1, -0.05) is 45.4 Å². The number of amides is 5. The SMILES string of the molecule is CCC[C@@H]([C@@H](CC1CCCCC1)C(=O)N[C@@H](CC(=O)N1CCN(C(=O)OCC)CC1)C(=O)Nc1nccs1)N(O)C=O. The molecule has 1 aliphatic carbocycles. The average molecular weight is 609 g/mol. The van der Waals surface area contributed by atoms with Gasteiger partial charge in [-0.15, -0.1) is 11.3 Å². The van der Waals surface area contributed by atoms with Gasteiger partial charge in [0, 0.05) is 37.8 Å². The van der Waals surface area contributed by atoms with Gasteiger partial charge >= 0.3 is 6.09 Å². The fourth-order valence-electron chi connectivity index (χ4n) is 5.74. The van der Waals surface area contributed by atoms with E-state index in [4.69, 9.17) is 4.74 Å². The summed E-state index contributed by atoms with van der Waals surface area (Å²) in [6.07, 6.45) is 7.79. The van der Waals surface area contributed by atoms with Crippen LogP contribution in [-0.2, 0) is 23.9 Å². The molecular formula is C28H44N6O7S. The highest BCUT2D eigenvalue weighted by Crippen LogP contribution is 2.32. The number of ether oxygens (including phenoxy) is 1. The van der Waals surface area contributed by atoms with Gasteiger partial charge in [-0.2, -0.15) is 0 Å². The average Bonchev–Trinajstić information content (AvgIpc) is 3.51. The van der Waals surface area contributed by atoms with Gasteiger partial charge in [0.15, 0.2) is 5.13 Å². The Morgan fingerprint density at radius 1 is 1.12 bits per heavy atom. The number of piperazine rings is 1. The van der Waals surface area contributed by atoms with Crippen LogP contribution in [0.3, 0.4) is 0 Å². The molecule has 5 amide bonds. The molecule has 0 spiro atoms. The van der Waals surface area contributed by atoms with Crippen molar-refractivity contribution >= 4 is 46.7 Å². The molecule has 0 unspecified atom stereocenters. The highest BCUT2D eigenvalue weighted by molar-refractivity contribution is 7.13. The molecule has 2 heterocycles. The number of aromatic nitrogens is 1. The molecule has 1 aliphatic heterocycles. The zero-order valence-corrected chi connectivity index (χ0v) is 25.4. The topological polar surface area (TPSA) is 161 Å². The second-order valence-corrected chi connectivity index (χ2v) is 11.7. The van der Waals surface area contributed by atoms with E-state index in [9.17, 15) is 29.2 Å². The molecule has 1 saturated carbocycles. The summed E-state index contributed by atoms with van der Waals surface area (Å²) >= 11 is 1.21. The molecule has 2 fully saturated rings. The Kier molecular flexibility index (Phi) is 13.5. The number of thiazole rings is 1. The van der Waals surface area contributed by atoms with E-state index in [2.05, 4.69) is 15.6 Å². The predicted octanol–water partition coefficient (Wildman–Crippen LogP) is 2.86. The van der Waals surface area contributed by atoms with Crippen molar-refractivity contribution < 1.29 is 33.9 Å². The molecule has 3 rings (SSSR count). The largest absolute Gasteiger partial charge is 0.450 e. The normalized spacial score (nSPS) is 18.0. The lowest BCUT2D eigenvalue weighted by atomic mass is 9.79. The number of carbonyl (C=O) groups excluding carboxylic acids is 5. The quantitative estimate of drug-likeness (QED) is 0.165. The maximum Gasteiger partial charge on any atom is 0.409 e. The van der Waals surface area contributed by atoms with Crippen molar-refractivity contribution in [2.75, 3.05) is 38.1 Å². The summed E-state index contributed by atoms with van der Waals surface area (Å²) in [6, 6.07) is -1.97. The van der Waals surface area contributed by atoms with Gasteiger partial charge in [0.2, 0.25) is 24.1 Å². The van der Waals surface area contributed by atoms with Gasteiger partial charge in [-0.3, -0.25) is 24.4 Å². The van der Waals surface area contributed by atoms with Gasteiger partial charge < -0.3 is 25.2 Å². The fourth-order valence-corrected chi connectivity index (χ4v) is 6.27. The Labute approximate surface area is 250 Å². The zero-order valence-electron chi connectivity index (χ0n) is 24.5. The van der Waals surface area contributed by atoms with Crippen molar-refractivity contribution in [2.24, 2.45) is 11.8 Å². The minimum atomic E-state index is -1.21. The van der Waals surface area contributed by atoms with Gasteiger partial charge in [0.1, 0.15) is 6.04 Å². The summed E-state index contributed by atoms with van der Waals surface area (Å²) in [5.74, 6) is -1.92. The maximum absolute atomic E-state index is 13.9. The van der Waals surface area contributed by atoms with Crippen LogP contribution in [0, 0.1) is 11.8 Å². The molecule has 0 radical (unpaired) electrons. The van der Waals surface area contributed by atoms with Gasteiger partial charge in [0.25, 0.3) is 0 Å². The molecule has 1 aromatic rings. The molecule has 42 heavy (non-hydrogen) atoms. The van der Waals surface area contributed by atoms with Crippen LogP contribution in [0.5, 0.6) is 0 Å². The van der Waals surface area contributed by atoms with Gasteiger partial charge in [0.05, 0.1) is 25.0 Å². The predicted molar refractivity (Wildman–Crippen MR) is 156 cm³/mol. The van der Waals surface area contributed by atoms with Crippen LogP contribution in [0.15, 0.2) is 11.6 Å². The Hall–Kier alpha value is -3.26. The fraction of sp³-hybridized carbons (Fsp3) is 0.714. The molecule has 1 aromatic heterocycles. The maximum atomic E-state index is 13.9. The highest BCUT2D eigenvalue weighted by atomic mass is 32.1. The number of rotatable bonds is 14. The van der Waals surface area contributed by atoms with E-state index in [1.807, 2.05) is 6.92 Å². The number of nitrogens with zero attached hydrogens (tertiary/aromatic N) is 4. The first-order valence-corrected chi connectivity index (χ1v) is 15.8. The third-order valence-electron chi connectivity index (χ3n) is 7.98. The van der Waals surface area contributed by atoms with E-state index < -0.39 is 35.9 Å². The first-order chi connectivity index (χ1) is 20.3. The van der Waals surface area contributed by atoms with Crippen LogP contribution in [0.25, 0.3) is 0 Å². The molecule has 2 aliphatic rings. The summed E-state index contributed by atoms with van der Waals surface area (Å²) < 4.78 is 5.04. The van der Waals surface area contributed by atoms with Crippen LogP contribution in [0.1, 0.15) is 71.6 Å². The Bertz CT molecular complexity index is 1030. The van der Waals surface area contributed by atoms with Crippen molar-refractivity contribution in [3.05, 3.63) is 11.6 Å². The number of anilines is 1. The third-order valence-corrected chi connectivity index (χ3v) is 8.67. The van der Waals surface area contributed by atoms with Crippen LogP contribution < -0.4 is 10.6 Å². The highest BCUT2D eigenvalue weighted by Gasteiger charge is 2.37. The van der Waals surface area contributed by atoms with Crippen molar-refractivity contribution in [3.8, 4) is 0 Å². The molecule has 1 saturated heterocycles. The summed E-state index contributed by atoms with van der Waals surface area (Å²) in [5, 5.41) is 18.5. The van der Waals surface area contributed by atoms with Crippen molar-refractivity contribution in [1.29, 1.82) is 0 Å². The van der Waals surface area contributed by atoms with Crippen molar-refractivity contribution in [1.82, 2.24) is 25.2 Å². The second-order valence-electron chi connectivity index (χ2n) is 10.8. The lowest BCUT2D eigenvalue weighted by Gasteiger charge is -2.35. The molecule has 3 atom stereocenters. The minimum absolute atomic E-state index is 0.258. The third kappa shape index (κ3) is 9.65. The van der Waals surface area contributed by atoms with Crippen LogP contribution >= 0.6 is 11.3 Å². The smallest absolute Gasteiger partial charge is 0.409 e. The van der Waals surface area contributed by atoms with E-state index in [0.717, 1.165) is 32.1 Å². The second kappa shape index (κ2) is 17.0. The zero-order chi connectivity index (χ0) is 30.5. The van der Waals surface area contributed by atoms with Gasteiger partial charge in [-0.05, 0) is 25.7 Å². The molecule has 0 bridgehead atoms. The molecular weight excluding hydrogens is 564 g/mol. The first-order valence-electron chi connectivity index (χ1n) is 14.9. The van der Waals surface area contributed by atoms with E-state index >= 15 is 0 Å². The van der Waals surface area contributed by atoms with Crippen molar-refractivity contribution in [3.63, 3.8) is 0 Å². The van der Waals surface area contributed by atoms with Crippen LogP contribution in [0.2, 0.25) is 0 Å². The number of hydrogen-bond acceptors (Lipinski definition) is 9. The van der Waals surface area contributed by atoms with Crippen LogP contribution in [0.4, 0.5) is 9.93 Å². The summed E-state index contributed by atoms with van der Waals surface area (Å²) in [7, 11) is 0. The first kappa shape index (κ1) is 33.2. The standard InChI is InChI=1S/C28H44N6O7S/c1-3-8-23(34(40)19-35)21(17-20-9-6-5-7-10-20)25(37)30-22(26(38)31-27-29-11-16-42-27)18-24(36)32-12-14-33(15-13-32)28(39)41-4-2/h11,16,19-23,40H,3-10,12-15,17-18H2,1-2H3,(H,30,37)(H,29,31,38)/t21-,22+,23+/m1/s1. The molecule has 0 aromatic carbocycles. The molecule has 234 valence electrons. The number of hydroxylamine groups is 2. The Morgan fingerprint density at radius 2 is 1.81 bits per heavy atom. The van der Waals surface area contributed by atoms with Crippen LogP contribution in [-0.4, -0.2) is 100 Å². The van der Waals surface area contributed by atoms with Gasteiger partial charge in [-0.25, -0.2) is 14.8 Å². The number of nitrogens with one attached hydrogen (secondary N) is 2. The number of hydrogen-bond donors (Lipinski definition) is 3. The Morgan fingerprint density at radius 3 is 2.40 bits per heavy atom. The molecule has 14 heteroatoms. The molecule has 13 nitrogen and oxygen atoms in total. The lowest BCUT2D eigenvalue weighted by molar-refractivity contribution is -0.169. The number of carbonyl (C=O) groups is 5. The van der Waals surface area contributed by atoms with Crippen molar-refractivity contribution in [2.45, 2.75) is 83.7 Å². The lowest BCUT2D eigenvalue weighted by Crippen LogP contribution is -2.55. The Balaban J connectivity index is 1.77. The summed E-state index contributed by atoms with van der Waals surface area (Å²) in [4.78, 5) is 71.3. The monoisotopic (exact) mass is 608 g/mol. The van der Waals surface area contributed by atoms with E-state index in [1.54, 1.807) is 17.2 Å². The minimum Gasteiger partial charge on any atom is -0.450 e. The van der Waals surface area contributed by atoms with E-state index in [-0.39, 0.29) is 37.9 Å². The van der Waals surface area contributed by atoms with E-state index in [1.165, 1.54) is 22.4 Å². The van der Waals surface area contributed by atoms with E-state index in [0.29, 0.717) is 49.0 Å². The summed E-state index contributed by atoms with van der Waals surface area (Å²) in [6.45, 7) is 5.04. The summed E-state index contributed by atoms with van der Waals surface area (Å²) in [5.41, 5.74) is 0.